The average molecular weight is 476 g/mol. The summed E-state index contributed by atoms with van der Waals surface area (Å²) < 4.78 is 11.1. The molecule has 0 fully saturated rings. The second-order valence-electron chi connectivity index (χ2n) is 5.74. The van der Waals surface area contributed by atoms with Gasteiger partial charge in [0.25, 0.3) is 0 Å². The van der Waals surface area contributed by atoms with Crippen LogP contribution in [0.4, 0.5) is 0 Å². The van der Waals surface area contributed by atoms with Crippen molar-refractivity contribution in [1.82, 2.24) is 0 Å². The molecule has 3 heteroatoms. The van der Waals surface area contributed by atoms with Crippen LogP contribution in [0, 0.1) is 0 Å². The molecular weight excluding hydrogens is 442 g/mol. The van der Waals surface area contributed by atoms with Gasteiger partial charge < -0.3 is 0 Å². The molecule has 1 nitrogen and oxygen atoms in total. The van der Waals surface area contributed by atoms with Gasteiger partial charge in [-0.1, -0.05) is 0 Å². The molecule has 0 aliphatic heterocycles. The molecule has 0 aromatic heterocycles. The summed E-state index contributed by atoms with van der Waals surface area (Å²) in [6, 6.07) is 7.79. The summed E-state index contributed by atoms with van der Waals surface area (Å²) in [5.41, 5.74) is 0. The maximum absolute atomic E-state index is 4.96. The first-order valence-corrected chi connectivity index (χ1v) is 15.7. The zero-order valence-electron chi connectivity index (χ0n) is 15.0. The molecule has 22 heavy (non-hydrogen) atoms. The van der Waals surface area contributed by atoms with Gasteiger partial charge in [-0.25, -0.2) is 0 Å². The Morgan fingerprint density at radius 3 is 1.55 bits per heavy atom. The van der Waals surface area contributed by atoms with E-state index in [1.54, 1.807) is 20.4 Å². The standard InChI is InChI=1S/C7H7OSe.3C4H9.Sn/c1-8-6-2-4-7(9)5-3-6;3*1-3-4-2;/h2-5H,1H3;3*1,3-4H2,2H3;. The van der Waals surface area contributed by atoms with Crippen LogP contribution < -0.4 is 9.20 Å². The Hall–Kier alpha value is 0.338. The summed E-state index contributed by atoms with van der Waals surface area (Å²) in [5, 5.41) is 0. The molecule has 0 N–H and O–H groups in total. The van der Waals surface area contributed by atoms with Crippen molar-refractivity contribution in [3.8, 4) is 5.75 Å². The minimum absolute atomic E-state index is 0.839. The summed E-state index contributed by atoms with van der Waals surface area (Å²) in [6.07, 6.45) is 8.85. The molecule has 126 valence electrons. The zero-order chi connectivity index (χ0) is 16.6. The van der Waals surface area contributed by atoms with Crippen LogP contribution >= 0.6 is 0 Å². The van der Waals surface area contributed by atoms with Gasteiger partial charge in [-0.3, -0.25) is 0 Å². The minimum atomic E-state index is -0.839. The molecule has 1 rings (SSSR count). The van der Waals surface area contributed by atoms with Crippen LogP contribution in [0.5, 0.6) is 5.75 Å². The van der Waals surface area contributed by atoms with Gasteiger partial charge in [0.05, 0.1) is 0 Å². The number of hydrogen-bond donors (Lipinski definition) is 0. The van der Waals surface area contributed by atoms with Gasteiger partial charge >= 0.3 is 155 Å². The third-order valence-electron chi connectivity index (χ3n) is 3.71. The molecule has 1 aromatic rings. The number of methoxy groups -OCH3 is 1. The summed E-state index contributed by atoms with van der Waals surface area (Å²) in [6.45, 7) is 7.00. The van der Waals surface area contributed by atoms with Crippen LogP contribution in [0.15, 0.2) is 24.3 Å². The fourth-order valence-corrected chi connectivity index (χ4v) is 12.0. The quantitative estimate of drug-likeness (QED) is 0.413. The van der Waals surface area contributed by atoms with E-state index in [-0.39, 0.29) is 0 Å². The van der Waals surface area contributed by atoms with E-state index in [9.17, 15) is 0 Å². The summed E-state index contributed by atoms with van der Waals surface area (Å²) in [7, 11) is 1.66. The molecule has 0 atom stereocenters. The van der Waals surface area contributed by atoms with Crippen molar-refractivity contribution < 1.29 is 4.74 Å². The topological polar surface area (TPSA) is 9.23 Å². The molecule has 2 radical (unpaired) electrons. The molecule has 0 heterocycles. The van der Waals surface area contributed by atoms with Crippen molar-refractivity contribution in [2.24, 2.45) is 0 Å². The molecule has 0 saturated carbocycles. The van der Waals surface area contributed by atoms with Crippen molar-refractivity contribution in [2.75, 3.05) is 7.11 Å². The van der Waals surface area contributed by atoms with Gasteiger partial charge in [-0.15, -0.1) is 0 Å². The van der Waals surface area contributed by atoms with Gasteiger partial charge in [-0.05, 0) is 0 Å². The third kappa shape index (κ3) is 12.8. The fourth-order valence-electron chi connectivity index (χ4n) is 2.23. The maximum atomic E-state index is 4.96. The van der Waals surface area contributed by atoms with Crippen molar-refractivity contribution in [3.05, 3.63) is 24.3 Å². The number of ether oxygens (including phenoxy) is 1. The van der Waals surface area contributed by atoms with E-state index >= 15 is 0 Å². The SMILES string of the molecule is CCC[CH2][Sn]([CH2]CCC)[CH2]CCC.COc1ccc([Se])cc1. The summed E-state index contributed by atoms with van der Waals surface area (Å²) in [5.74, 6) is 0.897. The van der Waals surface area contributed by atoms with Crippen LogP contribution in [0.1, 0.15) is 59.3 Å². The molecule has 0 amide bonds. The van der Waals surface area contributed by atoms with Gasteiger partial charge in [0.1, 0.15) is 0 Å². The van der Waals surface area contributed by atoms with E-state index in [1.807, 2.05) is 24.3 Å². The third-order valence-corrected chi connectivity index (χ3v) is 13.4. The van der Waals surface area contributed by atoms with Crippen LogP contribution in [0.2, 0.25) is 13.3 Å². The normalized spacial score (nSPS) is 10.2. The second-order valence-corrected chi connectivity index (χ2v) is 15.3. The molecule has 1 aromatic carbocycles. The van der Waals surface area contributed by atoms with E-state index in [0.29, 0.717) is 0 Å². The Bertz CT molecular complexity index is 321. The van der Waals surface area contributed by atoms with Crippen molar-refractivity contribution in [3.63, 3.8) is 0 Å². The van der Waals surface area contributed by atoms with E-state index < -0.39 is 19.8 Å². The first-order valence-electron chi connectivity index (χ1n) is 8.82. The van der Waals surface area contributed by atoms with E-state index in [0.717, 1.165) is 10.2 Å². The predicted octanol–water partition coefficient (Wildman–Crippen LogP) is 5.37. The van der Waals surface area contributed by atoms with E-state index in [2.05, 4.69) is 36.8 Å². The predicted molar refractivity (Wildman–Crippen MR) is 103 cm³/mol. The monoisotopic (exact) mass is 478 g/mol. The Morgan fingerprint density at radius 1 is 0.818 bits per heavy atom. The number of hydrogen-bond acceptors (Lipinski definition) is 1. The first-order chi connectivity index (χ1) is 10.7. The number of rotatable bonds is 10. The Labute approximate surface area is 154 Å². The van der Waals surface area contributed by atoms with E-state index in [4.69, 9.17) is 4.74 Å². The zero-order valence-corrected chi connectivity index (χ0v) is 19.6. The number of unbranched alkanes of at least 4 members (excludes halogenated alkanes) is 3. The van der Waals surface area contributed by atoms with Gasteiger partial charge in [-0.2, -0.15) is 0 Å². The molecular formula is C19H34OSeSn. The summed E-state index contributed by atoms with van der Waals surface area (Å²) in [4.78, 5) is 0. The molecule has 0 spiro atoms. The molecule has 0 unspecified atom stereocenters. The fraction of sp³-hybridized carbons (Fsp3) is 0.684. The van der Waals surface area contributed by atoms with E-state index in [1.165, 1.54) is 38.5 Å². The average Bonchev–Trinajstić information content (AvgIpc) is 2.55. The van der Waals surface area contributed by atoms with Crippen LogP contribution in [-0.2, 0) is 0 Å². The van der Waals surface area contributed by atoms with Crippen LogP contribution in [0.3, 0.4) is 0 Å². The summed E-state index contributed by atoms with van der Waals surface area (Å²) >= 11 is 2.06. The van der Waals surface area contributed by atoms with Crippen molar-refractivity contribution in [2.45, 2.75) is 72.6 Å². The first kappa shape index (κ1) is 22.3. The van der Waals surface area contributed by atoms with Gasteiger partial charge in [0.15, 0.2) is 0 Å². The van der Waals surface area contributed by atoms with Gasteiger partial charge in [0, 0.05) is 0 Å². The molecule has 0 aliphatic rings. The Morgan fingerprint density at radius 2 is 1.23 bits per heavy atom. The van der Waals surface area contributed by atoms with Crippen molar-refractivity contribution in [1.29, 1.82) is 0 Å². The van der Waals surface area contributed by atoms with Crippen LogP contribution in [0.25, 0.3) is 0 Å². The Kier molecular flexibility index (Phi) is 16.5. The molecule has 0 saturated heterocycles. The Balaban J connectivity index is 0.000000425. The molecule has 0 bridgehead atoms. The molecule has 0 aliphatic carbocycles. The van der Waals surface area contributed by atoms with Gasteiger partial charge in [0.2, 0.25) is 0 Å². The number of benzene rings is 1. The van der Waals surface area contributed by atoms with Crippen LogP contribution in [-0.4, -0.2) is 42.9 Å². The van der Waals surface area contributed by atoms with Crippen molar-refractivity contribution >= 4 is 40.2 Å². The second kappa shape index (κ2) is 16.2.